The summed E-state index contributed by atoms with van der Waals surface area (Å²) in [7, 11) is 0. The van der Waals surface area contributed by atoms with Gasteiger partial charge in [-0.1, -0.05) is 103 Å². The van der Waals surface area contributed by atoms with Crippen LogP contribution >= 0.6 is 0 Å². The molecule has 9 rings (SSSR count). The fourth-order valence-electron chi connectivity index (χ4n) is 7.93. The Morgan fingerprint density at radius 3 is 1.85 bits per heavy atom. The Kier molecular flexibility index (Phi) is 7.12. The molecular weight excluding hydrogens is 676 g/mol. The van der Waals surface area contributed by atoms with Crippen molar-refractivity contribution in [1.82, 2.24) is 5.32 Å². The Balaban J connectivity index is 1.26. The third-order valence-corrected chi connectivity index (χ3v) is 10.2. The molecule has 0 aromatic heterocycles. The standard InChI is InChI=1S/C42H27F6N3O/c43-41(44,45)26-20-16-24(17-21-26)37-49-38(25-18-22-27(23-19-25)42(46,47)48)51-39(50-37)29-9-7-13-33-36(29)28-8-1-2-10-30(28)40(33)31-11-3-5-14-34(31)52-35-15-6-4-12-32(35)40/h1-18,20-22,39H,19,23H2,(H,49,50,51). The van der Waals surface area contributed by atoms with Gasteiger partial charge in [-0.25, -0.2) is 9.98 Å². The van der Waals surface area contributed by atoms with Crippen LogP contribution < -0.4 is 10.1 Å². The zero-order valence-electron chi connectivity index (χ0n) is 27.2. The molecular formula is C42H27F6N3O. The van der Waals surface area contributed by atoms with Gasteiger partial charge in [0.2, 0.25) is 0 Å². The van der Waals surface area contributed by atoms with Gasteiger partial charge in [0, 0.05) is 27.8 Å². The summed E-state index contributed by atoms with van der Waals surface area (Å²) in [6, 6.07) is 34.7. The third-order valence-electron chi connectivity index (χ3n) is 10.2. The third kappa shape index (κ3) is 4.92. The molecule has 0 saturated carbocycles. The minimum atomic E-state index is -4.53. The molecule has 2 heterocycles. The van der Waals surface area contributed by atoms with Gasteiger partial charge < -0.3 is 10.1 Å². The van der Waals surface area contributed by atoms with Gasteiger partial charge in [0.1, 0.15) is 23.2 Å². The van der Waals surface area contributed by atoms with Crippen molar-refractivity contribution in [1.29, 1.82) is 0 Å². The highest BCUT2D eigenvalue weighted by Gasteiger charge is 2.52. The summed E-state index contributed by atoms with van der Waals surface area (Å²) in [4.78, 5) is 9.98. The van der Waals surface area contributed by atoms with Gasteiger partial charge >= 0.3 is 12.4 Å². The van der Waals surface area contributed by atoms with Gasteiger partial charge in [0.05, 0.1) is 11.0 Å². The minimum absolute atomic E-state index is 0.0661. The summed E-state index contributed by atoms with van der Waals surface area (Å²) in [6.45, 7) is 0. The lowest BCUT2D eigenvalue weighted by molar-refractivity contribution is -0.137. The first-order valence-corrected chi connectivity index (χ1v) is 16.7. The Hall–Kier alpha value is -5.90. The second-order valence-electron chi connectivity index (χ2n) is 13.1. The molecule has 1 atom stereocenters. The molecule has 0 amide bonds. The lowest BCUT2D eigenvalue weighted by Crippen LogP contribution is -2.37. The number of benzene rings is 5. The predicted octanol–water partition coefficient (Wildman–Crippen LogP) is 10.8. The largest absolute Gasteiger partial charge is 0.457 e. The molecule has 1 spiro atoms. The maximum atomic E-state index is 13.5. The minimum Gasteiger partial charge on any atom is -0.457 e. The molecule has 258 valence electrons. The number of hydrogen-bond acceptors (Lipinski definition) is 4. The summed E-state index contributed by atoms with van der Waals surface area (Å²) in [5.74, 6) is 2.03. The van der Waals surface area contributed by atoms with Gasteiger partial charge in [-0.2, -0.15) is 26.3 Å². The summed E-state index contributed by atoms with van der Waals surface area (Å²) in [6.07, 6.45) is -7.57. The van der Waals surface area contributed by atoms with Crippen LogP contribution in [0.25, 0.3) is 11.1 Å². The van der Waals surface area contributed by atoms with Crippen LogP contribution in [0.15, 0.2) is 149 Å². The Bertz CT molecular complexity index is 2360. The number of hydrogen-bond donors (Lipinski definition) is 1. The van der Waals surface area contributed by atoms with E-state index in [1.54, 1.807) is 0 Å². The Morgan fingerprint density at radius 2 is 1.21 bits per heavy atom. The average molecular weight is 704 g/mol. The monoisotopic (exact) mass is 703 g/mol. The quantitative estimate of drug-likeness (QED) is 0.186. The molecule has 2 aliphatic carbocycles. The Labute approximate surface area is 294 Å². The molecule has 5 aromatic rings. The smallest absolute Gasteiger partial charge is 0.416 e. The fraction of sp³-hybridized carbons (Fsp3) is 0.143. The van der Waals surface area contributed by atoms with Crippen LogP contribution in [0.3, 0.4) is 0 Å². The number of ether oxygens (including phenoxy) is 1. The molecule has 5 aromatic carbocycles. The van der Waals surface area contributed by atoms with Crippen LogP contribution in [-0.2, 0) is 11.6 Å². The van der Waals surface area contributed by atoms with Gasteiger partial charge in [-0.3, -0.25) is 0 Å². The highest BCUT2D eigenvalue weighted by Crippen LogP contribution is 2.63. The van der Waals surface area contributed by atoms with E-state index in [1.165, 1.54) is 18.2 Å². The number of halogens is 6. The van der Waals surface area contributed by atoms with Gasteiger partial charge in [0.25, 0.3) is 0 Å². The SMILES string of the molecule is FC(F)(F)C1=CC=C(C2=NC(c3cccc4c3-c3ccccc3C43c4ccccc4Oc4ccccc43)N=C(c3ccc(C(F)(F)F)cc3)N2)CC1. The van der Waals surface area contributed by atoms with Crippen molar-refractivity contribution in [2.75, 3.05) is 0 Å². The van der Waals surface area contributed by atoms with Crippen molar-refractivity contribution in [3.05, 3.63) is 178 Å². The molecule has 10 heteroatoms. The summed E-state index contributed by atoms with van der Waals surface area (Å²) < 4.78 is 87.5. The van der Waals surface area contributed by atoms with E-state index in [9.17, 15) is 26.3 Å². The van der Waals surface area contributed by atoms with Crippen molar-refractivity contribution in [2.45, 2.75) is 36.8 Å². The summed E-state index contributed by atoms with van der Waals surface area (Å²) >= 11 is 0. The van der Waals surface area contributed by atoms with Crippen molar-refractivity contribution >= 4 is 11.7 Å². The second-order valence-corrected chi connectivity index (χ2v) is 13.1. The van der Waals surface area contributed by atoms with Gasteiger partial charge in [0.15, 0.2) is 6.17 Å². The lowest BCUT2D eigenvalue weighted by Gasteiger charge is -2.39. The molecule has 2 aliphatic heterocycles. The van der Waals surface area contributed by atoms with E-state index in [2.05, 4.69) is 35.6 Å². The van der Waals surface area contributed by atoms with Crippen molar-refractivity contribution in [3.63, 3.8) is 0 Å². The number of nitrogens with zero attached hydrogens (tertiary/aromatic N) is 2. The van der Waals surface area contributed by atoms with E-state index < -0.39 is 35.1 Å². The molecule has 1 unspecified atom stereocenters. The average Bonchev–Trinajstić information content (AvgIpc) is 3.45. The molecule has 0 saturated heterocycles. The van der Waals surface area contributed by atoms with Crippen molar-refractivity contribution in [3.8, 4) is 22.6 Å². The lowest BCUT2D eigenvalue weighted by atomic mass is 9.66. The van der Waals surface area contributed by atoms with E-state index in [0.29, 0.717) is 17.0 Å². The highest BCUT2D eigenvalue weighted by atomic mass is 19.4. The van der Waals surface area contributed by atoms with Crippen LogP contribution in [0.1, 0.15) is 58.0 Å². The maximum Gasteiger partial charge on any atom is 0.416 e. The van der Waals surface area contributed by atoms with E-state index >= 15 is 0 Å². The molecule has 52 heavy (non-hydrogen) atoms. The van der Waals surface area contributed by atoms with Crippen LogP contribution in [0.4, 0.5) is 26.3 Å². The van der Waals surface area contributed by atoms with E-state index in [0.717, 1.165) is 68.7 Å². The first-order valence-electron chi connectivity index (χ1n) is 16.7. The van der Waals surface area contributed by atoms with Gasteiger partial charge in [-0.05, 0) is 64.9 Å². The van der Waals surface area contributed by atoms with E-state index in [4.69, 9.17) is 14.7 Å². The van der Waals surface area contributed by atoms with Crippen molar-refractivity contribution < 1.29 is 31.1 Å². The number of rotatable bonds is 3. The first-order chi connectivity index (χ1) is 25.0. The van der Waals surface area contributed by atoms with Crippen LogP contribution in [-0.4, -0.2) is 17.8 Å². The van der Waals surface area contributed by atoms with E-state index in [-0.39, 0.29) is 18.7 Å². The Morgan fingerprint density at radius 1 is 0.596 bits per heavy atom. The predicted molar refractivity (Wildman–Crippen MR) is 187 cm³/mol. The number of allylic oxidation sites excluding steroid dienone is 3. The molecule has 0 bridgehead atoms. The zero-order valence-corrected chi connectivity index (χ0v) is 27.2. The first kappa shape index (κ1) is 32.0. The van der Waals surface area contributed by atoms with E-state index in [1.807, 2.05) is 60.7 Å². The number of aliphatic imine (C=N–C) groups is 2. The normalized spacial score (nSPS) is 18.4. The number of para-hydroxylation sites is 2. The molecule has 1 N–H and O–H groups in total. The number of fused-ring (bicyclic) bond motifs is 9. The molecule has 4 nitrogen and oxygen atoms in total. The molecule has 0 radical (unpaired) electrons. The highest BCUT2D eigenvalue weighted by molar-refractivity contribution is 6.16. The van der Waals surface area contributed by atoms with Gasteiger partial charge in [-0.15, -0.1) is 0 Å². The molecule has 4 aliphatic rings. The number of amidine groups is 2. The summed E-state index contributed by atoms with van der Waals surface area (Å²) in [5, 5.41) is 3.14. The fourth-order valence-corrected chi connectivity index (χ4v) is 7.93. The second kappa shape index (κ2) is 11.6. The number of nitrogens with one attached hydrogen (secondary N) is 1. The van der Waals surface area contributed by atoms with Crippen LogP contribution in [0.5, 0.6) is 11.5 Å². The zero-order chi connectivity index (χ0) is 35.8. The molecule has 0 fully saturated rings. The van der Waals surface area contributed by atoms with Crippen LogP contribution in [0, 0.1) is 0 Å². The number of alkyl halides is 6. The van der Waals surface area contributed by atoms with Crippen LogP contribution in [0.2, 0.25) is 0 Å². The summed E-state index contributed by atoms with van der Waals surface area (Å²) in [5.41, 5.74) is 5.32. The van der Waals surface area contributed by atoms with Crippen molar-refractivity contribution in [2.24, 2.45) is 9.98 Å². The maximum absolute atomic E-state index is 13.5. The topological polar surface area (TPSA) is 46.0 Å².